The molecule has 0 spiro atoms. The third-order valence-corrected chi connectivity index (χ3v) is 1.58. The Labute approximate surface area is 98.4 Å². The number of carbonyl (C=O) groups is 3. The van der Waals surface area contributed by atoms with E-state index in [2.05, 4.69) is 22.6 Å². The van der Waals surface area contributed by atoms with E-state index >= 15 is 0 Å². The van der Waals surface area contributed by atoms with Gasteiger partial charge in [0.25, 0.3) is 0 Å². The predicted octanol–water partition coefficient (Wildman–Crippen LogP) is 0.204. The molecule has 0 radical (unpaired) electrons. The quantitative estimate of drug-likeness (QED) is 0.309. The lowest BCUT2D eigenvalue weighted by Gasteiger charge is -2.06. The van der Waals surface area contributed by atoms with Gasteiger partial charge in [0.05, 0.1) is 6.61 Å². The number of hydrogen-bond acceptors (Lipinski definition) is 5. The van der Waals surface area contributed by atoms with E-state index in [1.807, 2.05) is 0 Å². The van der Waals surface area contributed by atoms with Crippen molar-refractivity contribution in [2.75, 3.05) is 6.61 Å². The predicted molar refractivity (Wildman–Crippen MR) is 59.3 cm³/mol. The summed E-state index contributed by atoms with van der Waals surface area (Å²) in [5.41, 5.74) is 4.35. The minimum absolute atomic E-state index is 0.0949. The number of rotatable bonds is 6. The maximum absolute atomic E-state index is 11.4. The summed E-state index contributed by atoms with van der Waals surface area (Å²) in [5, 5.41) is 0. The van der Waals surface area contributed by atoms with Crippen molar-refractivity contribution in [1.82, 2.24) is 0 Å². The SMILES string of the molecule is C=CC(=O)O/C=C(\C(=C)C(N)=O)C(=O)OCC. The Morgan fingerprint density at radius 2 is 1.94 bits per heavy atom. The summed E-state index contributed by atoms with van der Waals surface area (Å²) in [6.45, 7) is 8.14. The largest absolute Gasteiger partial charge is 0.462 e. The van der Waals surface area contributed by atoms with Gasteiger partial charge in [-0.1, -0.05) is 13.2 Å². The molecule has 2 N–H and O–H groups in total. The van der Waals surface area contributed by atoms with Crippen LogP contribution in [-0.4, -0.2) is 24.5 Å². The monoisotopic (exact) mass is 239 g/mol. The van der Waals surface area contributed by atoms with Gasteiger partial charge < -0.3 is 15.2 Å². The Balaban J connectivity index is 5.03. The summed E-state index contributed by atoms with van der Waals surface area (Å²) in [6, 6.07) is 0. The van der Waals surface area contributed by atoms with Crippen LogP contribution in [-0.2, 0) is 23.9 Å². The van der Waals surface area contributed by atoms with E-state index in [0.717, 1.165) is 12.3 Å². The second-order valence-corrected chi connectivity index (χ2v) is 2.74. The number of amides is 1. The maximum Gasteiger partial charge on any atom is 0.342 e. The van der Waals surface area contributed by atoms with Crippen LogP contribution in [0.2, 0.25) is 0 Å². The van der Waals surface area contributed by atoms with Crippen LogP contribution < -0.4 is 5.73 Å². The topological polar surface area (TPSA) is 95.7 Å². The Morgan fingerprint density at radius 3 is 2.35 bits per heavy atom. The highest BCUT2D eigenvalue weighted by molar-refractivity contribution is 6.08. The van der Waals surface area contributed by atoms with Crippen molar-refractivity contribution in [3.8, 4) is 0 Å². The first-order valence-electron chi connectivity index (χ1n) is 4.63. The molecular formula is C11H13NO5. The Morgan fingerprint density at radius 1 is 1.35 bits per heavy atom. The van der Waals surface area contributed by atoms with Gasteiger partial charge in [-0.2, -0.15) is 0 Å². The van der Waals surface area contributed by atoms with Gasteiger partial charge in [-0.05, 0) is 6.92 Å². The van der Waals surface area contributed by atoms with Crippen LogP contribution in [0, 0.1) is 0 Å². The van der Waals surface area contributed by atoms with Gasteiger partial charge in [0, 0.05) is 11.6 Å². The van der Waals surface area contributed by atoms with Crippen LogP contribution in [0.1, 0.15) is 6.92 Å². The molecule has 0 aliphatic carbocycles. The molecule has 1 amide bonds. The second kappa shape index (κ2) is 7.00. The minimum atomic E-state index is -0.918. The molecule has 0 saturated heterocycles. The first-order valence-corrected chi connectivity index (χ1v) is 4.63. The van der Waals surface area contributed by atoms with Gasteiger partial charge >= 0.3 is 11.9 Å². The summed E-state index contributed by atoms with van der Waals surface area (Å²) in [5.74, 6) is -2.56. The Kier molecular flexibility index (Phi) is 6.02. The molecule has 0 atom stereocenters. The number of esters is 2. The summed E-state index contributed by atoms with van der Waals surface area (Å²) >= 11 is 0. The standard InChI is InChI=1S/C11H13NO5/c1-4-9(13)17-6-8(7(3)10(12)14)11(15)16-5-2/h4,6H,1,3,5H2,2H3,(H2,12,14)/b8-6+. The van der Waals surface area contributed by atoms with Crippen molar-refractivity contribution in [2.45, 2.75) is 6.92 Å². The van der Waals surface area contributed by atoms with E-state index in [1.165, 1.54) is 0 Å². The zero-order valence-electron chi connectivity index (χ0n) is 9.39. The number of primary amides is 1. The molecule has 0 unspecified atom stereocenters. The fourth-order valence-corrected chi connectivity index (χ4v) is 0.749. The van der Waals surface area contributed by atoms with Gasteiger partial charge in [-0.15, -0.1) is 0 Å². The summed E-state index contributed by atoms with van der Waals surface area (Å²) in [7, 11) is 0. The summed E-state index contributed by atoms with van der Waals surface area (Å²) in [6.07, 6.45) is 1.65. The van der Waals surface area contributed by atoms with E-state index in [1.54, 1.807) is 6.92 Å². The molecule has 6 nitrogen and oxygen atoms in total. The molecule has 0 rings (SSSR count). The van der Waals surface area contributed by atoms with Gasteiger partial charge in [0.1, 0.15) is 11.8 Å². The number of carbonyl (C=O) groups excluding carboxylic acids is 3. The third-order valence-electron chi connectivity index (χ3n) is 1.58. The fourth-order valence-electron chi connectivity index (χ4n) is 0.749. The van der Waals surface area contributed by atoms with Crippen molar-refractivity contribution >= 4 is 17.8 Å². The first kappa shape index (κ1) is 14.6. The fraction of sp³-hybridized carbons (Fsp3) is 0.182. The van der Waals surface area contributed by atoms with Crippen LogP contribution in [0.5, 0.6) is 0 Å². The van der Waals surface area contributed by atoms with E-state index in [-0.39, 0.29) is 17.8 Å². The highest BCUT2D eigenvalue weighted by Gasteiger charge is 2.19. The van der Waals surface area contributed by atoms with E-state index in [0.29, 0.717) is 0 Å². The van der Waals surface area contributed by atoms with E-state index in [4.69, 9.17) is 5.73 Å². The highest BCUT2D eigenvalue weighted by Crippen LogP contribution is 2.10. The molecule has 0 aromatic carbocycles. The smallest absolute Gasteiger partial charge is 0.342 e. The highest BCUT2D eigenvalue weighted by atomic mass is 16.5. The lowest BCUT2D eigenvalue weighted by Crippen LogP contribution is -2.20. The van der Waals surface area contributed by atoms with Gasteiger partial charge in [-0.25, -0.2) is 9.59 Å². The zero-order valence-corrected chi connectivity index (χ0v) is 9.39. The van der Waals surface area contributed by atoms with Crippen LogP contribution in [0.3, 0.4) is 0 Å². The molecule has 0 aromatic rings. The summed E-state index contributed by atoms with van der Waals surface area (Å²) < 4.78 is 9.15. The van der Waals surface area contributed by atoms with Gasteiger partial charge in [0.15, 0.2) is 0 Å². The molecule has 6 heteroatoms. The lowest BCUT2D eigenvalue weighted by atomic mass is 10.1. The van der Waals surface area contributed by atoms with Crippen molar-refractivity contribution in [3.05, 3.63) is 36.6 Å². The van der Waals surface area contributed by atoms with Crippen LogP contribution in [0.15, 0.2) is 36.6 Å². The van der Waals surface area contributed by atoms with Crippen molar-refractivity contribution < 1.29 is 23.9 Å². The molecular weight excluding hydrogens is 226 g/mol. The molecule has 0 bridgehead atoms. The average Bonchev–Trinajstić information content (AvgIpc) is 2.28. The van der Waals surface area contributed by atoms with E-state index in [9.17, 15) is 14.4 Å². The Hall–Kier alpha value is -2.37. The molecule has 0 saturated carbocycles. The molecule has 0 aliphatic heterocycles. The number of ether oxygens (including phenoxy) is 2. The third kappa shape index (κ3) is 4.78. The van der Waals surface area contributed by atoms with Crippen molar-refractivity contribution in [2.24, 2.45) is 5.73 Å². The zero-order chi connectivity index (χ0) is 13.4. The minimum Gasteiger partial charge on any atom is -0.462 e. The first-order chi connectivity index (χ1) is 7.93. The molecule has 92 valence electrons. The van der Waals surface area contributed by atoms with Crippen LogP contribution in [0.4, 0.5) is 0 Å². The summed E-state index contributed by atoms with van der Waals surface area (Å²) in [4.78, 5) is 33.1. The van der Waals surface area contributed by atoms with Crippen molar-refractivity contribution in [1.29, 1.82) is 0 Å². The van der Waals surface area contributed by atoms with Crippen LogP contribution in [0.25, 0.3) is 0 Å². The Bertz CT molecular complexity index is 395. The average molecular weight is 239 g/mol. The van der Waals surface area contributed by atoms with Gasteiger partial charge in [-0.3, -0.25) is 4.79 Å². The molecule has 17 heavy (non-hydrogen) atoms. The molecule has 0 aliphatic rings. The molecule has 0 aromatic heterocycles. The molecule has 0 fully saturated rings. The normalized spacial score (nSPS) is 10.3. The number of hydrogen-bond donors (Lipinski definition) is 1. The second-order valence-electron chi connectivity index (χ2n) is 2.74. The number of nitrogens with two attached hydrogens (primary N) is 1. The van der Waals surface area contributed by atoms with Crippen LogP contribution >= 0.6 is 0 Å². The van der Waals surface area contributed by atoms with E-state index < -0.39 is 17.8 Å². The van der Waals surface area contributed by atoms with Crippen molar-refractivity contribution in [3.63, 3.8) is 0 Å². The maximum atomic E-state index is 11.4. The molecule has 0 heterocycles. The van der Waals surface area contributed by atoms with Gasteiger partial charge in [0.2, 0.25) is 5.91 Å². The lowest BCUT2D eigenvalue weighted by molar-refractivity contribution is -0.139.